The van der Waals surface area contributed by atoms with Gasteiger partial charge in [0.15, 0.2) is 0 Å². The third-order valence-corrected chi connectivity index (χ3v) is 2.66. The molecule has 0 bridgehead atoms. The molecule has 3 atom stereocenters. The SMILES string of the molecule is CCC(CN)C(=O)NC(C)C(C)CO. The topological polar surface area (TPSA) is 75.4 Å². The van der Waals surface area contributed by atoms with Gasteiger partial charge in [0.1, 0.15) is 0 Å². The zero-order valence-corrected chi connectivity index (χ0v) is 9.29. The Labute approximate surface area is 85.9 Å². The summed E-state index contributed by atoms with van der Waals surface area (Å²) in [5, 5.41) is 11.7. The molecule has 3 unspecified atom stereocenters. The Kier molecular flexibility index (Phi) is 6.49. The fraction of sp³-hybridized carbons (Fsp3) is 0.900. The predicted molar refractivity (Wildman–Crippen MR) is 56.7 cm³/mol. The van der Waals surface area contributed by atoms with Gasteiger partial charge < -0.3 is 16.2 Å². The van der Waals surface area contributed by atoms with Crippen molar-refractivity contribution in [2.24, 2.45) is 17.6 Å². The average Bonchev–Trinajstić information content (AvgIpc) is 2.18. The van der Waals surface area contributed by atoms with Crippen LogP contribution >= 0.6 is 0 Å². The molecule has 0 aromatic rings. The van der Waals surface area contributed by atoms with Crippen LogP contribution in [0.3, 0.4) is 0 Å². The second kappa shape index (κ2) is 6.79. The molecule has 0 fully saturated rings. The lowest BCUT2D eigenvalue weighted by atomic mass is 10.0. The van der Waals surface area contributed by atoms with Crippen molar-refractivity contribution in [3.8, 4) is 0 Å². The molecule has 0 aliphatic carbocycles. The fourth-order valence-corrected chi connectivity index (χ4v) is 1.10. The van der Waals surface area contributed by atoms with Crippen molar-refractivity contribution in [1.29, 1.82) is 0 Å². The number of hydrogen-bond donors (Lipinski definition) is 3. The van der Waals surface area contributed by atoms with Crippen molar-refractivity contribution in [3.05, 3.63) is 0 Å². The summed E-state index contributed by atoms with van der Waals surface area (Å²) in [5.74, 6) is -0.0413. The van der Waals surface area contributed by atoms with E-state index in [0.29, 0.717) is 6.54 Å². The molecule has 0 aromatic heterocycles. The van der Waals surface area contributed by atoms with Crippen molar-refractivity contribution in [1.82, 2.24) is 5.32 Å². The monoisotopic (exact) mass is 202 g/mol. The third kappa shape index (κ3) is 4.07. The molecule has 0 rings (SSSR count). The average molecular weight is 202 g/mol. The summed E-state index contributed by atoms with van der Waals surface area (Å²) in [5.41, 5.74) is 5.46. The number of carbonyl (C=O) groups excluding carboxylic acids is 1. The Balaban J connectivity index is 4.03. The zero-order valence-electron chi connectivity index (χ0n) is 9.29. The van der Waals surface area contributed by atoms with Gasteiger partial charge in [0, 0.05) is 25.1 Å². The second-order valence-electron chi connectivity index (χ2n) is 3.80. The van der Waals surface area contributed by atoms with Gasteiger partial charge in [-0.2, -0.15) is 0 Å². The van der Waals surface area contributed by atoms with Crippen LogP contribution in [0.15, 0.2) is 0 Å². The van der Waals surface area contributed by atoms with E-state index in [4.69, 9.17) is 10.8 Å². The summed E-state index contributed by atoms with van der Waals surface area (Å²) in [6.45, 7) is 6.19. The van der Waals surface area contributed by atoms with E-state index < -0.39 is 0 Å². The minimum absolute atomic E-state index is 0.00639. The highest BCUT2D eigenvalue weighted by atomic mass is 16.3. The summed E-state index contributed by atoms with van der Waals surface area (Å²) in [6, 6.07) is -0.00639. The minimum atomic E-state index is -0.108. The molecule has 0 saturated heterocycles. The molecule has 0 saturated carbocycles. The van der Waals surface area contributed by atoms with Gasteiger partial charge >= 0.3 is 0 Å². The van der Waals surface area contributed by atoms with E-state index in [1.54, 1.807) is 0 Å². The van der Waals surface area contributed by atoms with E-state index in [-0.39, 0.29) is 30.4 Å². The lowest BCUT2D eigenvalue weighted by Crippen LogP contribution is -2.43. The van der Waals surface area contributed by atoms with E-state index in [2.05, 4.69) is 5.32 Å². The molecular weight excluding hydrogens is 180 g/mol. The molecule has 0 spiro atoms. The molecule has 4 heteroatoms. The molecular formula is C10H22N2O2. The van der Waals surface area contributed by atoms with Crippen molar-refractivity contribution >= 4 is 5.91 Å². The highest BCUT2D eigenvalue weighted by Crippen LogP contribution is 2.04. The molecule has 0 aliphatic heterocycles. The Morgan fingerprint density at radius 2 is 2.07 bits per heavy atom. The lowest BCUT2D eigenvalue weighted by molar-refractivity contribution is -0.125. The number of aliphatic hydroxyl groups excluding tert-OH is 1. The fourth-order valence-electron chi connectivity index (χ4n) is 1.10. The second-order valence-corrected chi connectivity index (χ2v) is 3.80. The number of rotatable bonds is 6. The van der Waals surface area contributed by atoms with Crippen LogP contribution in [0, 0.1) is 11.8 Å². The number of nitrogens with one attached hydrogen (secondary N) is 1. The summed E-state index contributed by atoms with van der Waals surface area (Å²) < 4.78 is 0. The van der Waals surface area contributed by atoms with Gasteiger partial charge in [-0.25, -0.2) is 0 Å². The molecule has 0 aliphatic rings. The predicted octanol–water partition coefficient (Wildman–Crippen LogP) is 0.104. The quantitative estimate of drug-likeness (QED) is 0.572. The standard InChI is InChI=1S/C10H22N2O2/c1-4-9(5-11)10(14)12-8(3)7(2)6-13/h7-9,13H,4-6,11H2,1-3H3,(H,12,14). The maximum absolute atomic E-state index is 11.6. The van der Waals surface area contributed by atoms with Crippen LogP contribution in [0.4, 0.5) is 0 Å². The largest absolute Gasteiger partial charge is 0.396 e. The maximum Gasteiger partial charge on any atom is 0.224 e. The Morgan fingerprint density at radius 1 is 1.50 bits per heavy atom. The van der Waals surface area contributed by atoms with Crippen LogP contribution in [0.2, 0.25) is 0 Å². The maximum atomic E-state index is 11.6. The number of aliphatic hydroxyl groups is 1. The van der Waals surface area contributed by atoms with Crippen molar-refractivity contribution in [2.45, 2.75) is 33.2 Å². The van der Waals surface area contributed by atoms with Crippen LogP contribution in [0.1, 0.15) is 27.2 Å². The van der Waals surface area contributed by atoms with E-state index in [0.717, 1.165) is 6.42 Å². The van der Waals surface area contributed by atoms with Crippen LogP contribution < -0.4 is 11.1 Å². The van der Waals surface area contributed by atoms with Gasteiger partial charge in [-0.05, 0) is 19.3 Å². The van der Waals surface area contributed by atoms with Crippen LogP contribution in [-0.2, 0) is 4.79 Å². The van der Waals surface area contributed by atoms with Gasteiger partial charge in [-0.3, -0.25) is 4.79 Å². The first-order valence-electron chi connectivity index (χ1n) is 5.18. The summed E-state index contributed by atoms with van der Waals surface area (Å²) in [4.78, 5) is 11.6. The molecule has 4 N–H and O–H groups in total. The third-order valence-electron chi connectivity index (χ3n) is 2.66. The summed E-state index contributed by atoms with van der Waals surface area (Å²) in [7, 11) is 0. The normalized spacial score (nSPS) is 17.2. The van der Waals surface area contributed by atoms with Gasteiger partial charge in [-0.1, -0.05) is 13.8 Å². The molecule has 0 aromatic carbocycles. The first kappa shape index (κ1) is 13.4. The minimum Gasteiger partial charge on any atom is -0.396 e. The highest BCUT2D eigenvalue weighted by Gasteiger charge is 2.19. The van der Waals surface area contributed by atoms with Crippen molar-refractivity contribution in [3.63, 3.8) is 0 Å². The van der Waals surface area contributed by atoms with Crippen molar-refractivity contribution < 1.29 is 9.90 Å². The van der Waals surface area contributed by atoms with Gasteiger partial charge in [0.2, 0.25) is 5.91 Å². The molecule has 14 heavy (non-hydrogen) atoms. The molecule has 0 heterocycles. The van der Waals surface area contributed by atoms with Gasteiger partial charge in [0.05, 0.1) is 0 Å². The molecule has 1 amide bonds. The number of amides is 1. The molecule has 4 nitrogen and oxygen atoms in total. The van der Waals surface area contributed by atoms with E-state index in [9.17, 15) is 4.79 Å². The van der Waals surface area contributed by atoms with Gasteiger partial charge in [0.25, 0.3) is 0 Å². The number of hydrogen-bond acceptors (Lipinski definition) is 3. The van der Waals surface area contributed by atoms with Crippen LogP contribution in [0.5, 0.6) is 0 Å². The summed E-state index contributed by atoms with van der Waals surface area (Å²) >= 11 is 0. The Hall–Kier alpha value is -0.610. The highest BCUT2D eigenvalue weighted by molar-refractivity contribution is 5.79. The van der Waals surface area contributed by atoms with Crippen LogP contribution in [0.25, 0.3) is 0 Å². The van der Waals surface area contributed by atoms with Gasteiger partial charge in [-0.15, -0.1) is 0 Å². The lowest BCUT2D eigenvalue weighted by Gasteiger charge is -2.22. The Morgan fingerprint density at radius 3 is 2.43 bits per heavy atom. The number of carbonyl (C=O) groups is 1. The molecule has 0 radical (unpaired) electrons. The molecule has 84 valence electrons. The zero-order chi connectivity index (χ0) is 11.1. The smallest absolute Gasteiger partial charge is 0.224 e. The van der Waals surface area contributed by atoms with E-state index in [1.165, 1.54) is 0 Å². The van der Waals surface area contributed by atoms with E-state index >= 15 is 0 Å². The first-order valence-corrected chi connectivity index (χ1v) is 5.18. The first-order chi connectivity index (χ1) is 6.56. The van der Waals surface area contributed by atoms with E-state index in [1.807, 2.05) is 20.8 Å². The summed E-state index contributed by atoms with van der Waals surface area (Å²) in [6.07, 6.45) is 0.753. The Bertz CT molecular complexity index is 170. The van der Waals surface area contributed by atoms with Crippen molar-refractivity contribution in [2.75, 3.05) is 13.2 Å². The van der Waals surface area contributed by atoms with Crippen LogP contribution in [-0.4, -0.2) is 30.2 Å². The number of nitrogens with two attached hydrogens (primary N) is 1.